The fourth-order valence-corrected chi connectivity index (χ4v) is 2.65. The number of hydrogen-bond donors (Lipinski definition) is 1. The molecule has 0 aliphatic carbocycles. The fraction of sp³-hybridized carbons (Fsp3) is 0.0476. The third kappa shape index (κ3) is 3.95. The van der Waals surface area contributed by atoms with Gasteiger partial charge in [-0.3, -0.25) is 9.97 Å². The molecule has 132 valence electrons. The average Bonchev–Trinajstić information content (AvgIpc) is 2.74. The molecule has 3 aromatic heterocycles. The van der Waals surface area contributed by atoms with Gasteiger partial charge >= 0.3 is 0 Å². The van der Waals surface area contributed by atoms with Crippen LogP contribution in [-0.4, -0.2) is 19.9 Å². The van der Waals surface area contributed by atoms with Crippen molar-refractivity contribution >= 4 is 5.82 Å². The van der Waals surface area contributed by atoms with Crippen molar-refractivity contribution in [2.45, 2.75) is 6.54 Å². The van der Waals surface area contributed by atoms with Gasteiger partial charge in [0.1, 0.15) is 17.3 Å². The maximum atomic E-state index is 14.3. The van der Waals surface area contributed by atoms with Crippen molar-refractivity contribution in [3.63, 3.8) is 0 Å². The molecule has 4 aromatic rings. The molecule has 0 saturated heterocycles. The summed E-state index contributed by atoms with van der Waals surface area (Å²) in [7, 11) is 0. The van der Waals surface area contributed by atoms with E-state index in [1.807, 2.05) is 30.3 Å². The van der Waals surface area contributed by atoms with Crippen LogP contribution >= 0.6 is 0 Å². The van der Waals surface area contributed by atoms with Crippen molar-refractivity contribution < 1.29 is 4.39 Å². The lowest BCUT2D eigenvalue weighted by atomic mass is 10.1. The minimum absolute atomic E-state index is 0.330. The molecular weight excluding hydrogens is 341 g/mol. The van der Waals surface area contributed by atoms with Crippen molar-refractivity contribution in [2.75, 3.05) is 5.32 Å². The van der Waals surface area contributed by atoms with Crippen LogP contribution in [0.25, 0.3) is 22.8 Å². The molecule has 6 heteroatoms. The van der Waals surface area contributed by atoms with E-state index in [0.29, 0.717) is 35.1 Å². The summed E-state index contributed by atoms with van der Waals surface area (Å²) < 4.78 is 14.3. The molecule has 5 nitrogen and oxygen atoms in total. The molecule has 0 atom stereocenters. The van der Waals surface area contributed by atoms with Gasteiger partial charge in [-0.1, -0.05) is 18.2 Å². The smallest absolute Gasteiger partial charge is 0.180 e. The van der Waals surface area contributed by atoms with Crippen LogP contribution in [0.4, 0.5) is 10.2 Å². The normalized spacial score (nSPS) is 10.6. The van der Waals surface area contributed by atoms with E-state index in [1.165, 1.54) is 6.07 Å². The summed E-state index contributed by atoms with van der Waals surface area (Å²) in [4.78, 5) is 17.4. The summed E-state index contributed by atoms with van der Waals surface area (Å²) in [5.74, 6) is 0.706. The van der Waals surface area contributed by atoms with Gasteiger partial charge in [0.2, 0.25) is 0 Å². The minimum Gasteiger partial charge on any atom is -0.366 e. The fourth-order valence-electron chi connectivity index (χ4n) is 2.65. The van der Waals surface area contributed by atoms with Crippen LogP contribution in [0.3, 0.4) is 0 Å². The predicted octanol–water partition coefficient (Wildman–Crippen LogP) is 4.35. The van der Waals surface area contributed by atoms with E-state index in [1.54, 1.807) is 42.9 Å². The molecule has 0 fully saturated rings. The second-order valence-corrected chi connectivity index (χ2v) is 5.87. The highest BCUT2D eigenvalue weighted by Gasteiger charge is 2.12. The Bertz CT molecular complexity index is 1040. The van der Waals surface area contributed by atoms with Gasteiger partial charge in [-0.25, -0.2) is 14.4 Å². The van der Waals surface area contributed by atoms with E-state index in [9.17, 15) is 4.39 Å². The van der Waals surface area contributed by atoms with Crippen molar-refractivity contribution in [1.82, 2.24) is 19.9 Å². The SMILES string of the molecule is Fc1ccccc1-c1cc(NCc2ccncc2)nc(-c2ccccn2)n1. The van der Waals surface area contributed by atoms with Gasteiger partial charge in [0.25, 0.3) is 0 Å². The topological polar surface area (TPSA) is 63.6 Å². The molecule has 0 amide bonds. The van der Waals surface area contributed by atoms with E-state index in [2.05, 4.69) is 25.3 Å². The van der Waals surface area contributed by atoms with Crippen LogP contribution < -0.4 is 5.32 Å². The zero-order chi connectivity index (χ0) is 18.5. The Morgan fingerprint density at radius 1 is 0.815 bits per heavy atom. The van der Waals surface area contributed by atoms with Gasteiger partial charge in [-0.05, 0) is 42.0 Å². The molecule has 27 heavy (non-hydrogen) atoms. The third-order valence-corrected chi connectivity index (χ3v) is 3.99. The summed E-state index contributed by atoms with van der Waals surface area (Å²) in [6, 6.07) is 17.7. The Labute approximate surface area is 156 Å². The Balaban J connectivity index is 1.74. The first kappa shape index (κ1) is 16.8. The first-order valence-corrected chi connectivity index (χ1v) is 8.48. The van der Waals surface area contributed by atoms with E-state index in [0.717, 1.165) is 5.56 Å². The van der Waals surface area contributed by atoms with Gasteiger partial charge < -0.3 is 5.32 Å². The number of nitrogens with zero attached hydrogens (tertiary/aromatic N) is 4. The number of halogens is 1. The second kappa shape index (κ2) is 7.70. The van der Waals surface area contributed by atoms with Crippen LogP contribution in [-0.2, 0) is 6.54 Å². The lowest BCUT2D eigenvalue weighted by molar-refractivity contribution is 0.630. The van der Waals surface area contributed by atoms with Gasteiger partial charge in [0.15, 0.2) is 5.82 Å². The summed E-state index contributed by atoms with van der Waals surface area (Å²) in [6.45, 7) is 0.567. The lowest BCUT2D eigenvalue weighted by Gasteiger charge is -2.11. The zero-order valence-corrected chi connectivity index (χ0v) is 14.4. The van der Waals surface area contributed by atoms with E-state index >= 15 is 0 Å². The van der Waals surface area contributed by atoms with Gasteiger partial charge in [-0.2, -0.15) is 0 Å². The molecule has 4 rings (SSSR count). The van der Waals surface area contributed by atoms with E-state index < -0.39 is 0 Å². The summed E-state index contributed by atoms with van der Waals surface area (Å²) in [6.07, 6.45) is 5.15. The van der Waals surface area contributed by atoms with Crippen molar-refractivity contribution in [2.24, 2.45) is 0 Å². The Morgan fingerprint density at radius 3 is 2.41 bits per heavy atom. The molecule has 0 radical (unpaired) electrons. The van der Waals surface area contributed by atoms with Crippen molar-refractivity contribution in [3.05, 3.63) is 90.6 Å². The molecule has 0 bridgehead atoms. The third-order valence-electron chi connectivity index (χ3n) is 3.99. The molecule has 1 aromatic carbocycles. The maximum Gasteiger partial charge on any atom is 0.180 e. The van der Waals surface area contributed by atoms with Crippen LogP contribution in [0.2, 0.25) is 0 Å². The van der Waals surface area contributed by atoms with Crippen LogP contribution in [0.1, 0.15) is 5.56 Å². The molecule has 0 unspecified atom stereocenters. The average molecular weight is 357 g/mol. The van der Waals surface area contributed by atoms with Gasteiger partial charge in [-0.15, -0.1) is 0 Å². The van der Waals surface area contributed by atoms with E-state index in [4.69, 9.17) is 0 Å². The van der Waals surface area contributed by atoms with Crippen LogP contribution in [0, 0.1) is 5.82 Å². The number of pyridine rings is 2. The minimum atomic E-state index is -0.330. The first-order valence-electron chi connectivity index (χ1n) is 8.48. The molecular formula is C21H16FN5. The van der Waals surface area contributed by atoms with Crippen LogP contribution in [0.15, 0.2) is 79.3 Å². The Morgan fingerprint density at radius 2 is 1.63 bits per heavy atom. The molecule has 1 N–H and O–H groups in total. The number of nitrogens with one attached hydrogen (secondary N) is 1. The molecule has 0 aliphatic rings. The summed E-state index contributed by atoms with van der Waals surface area (Å²) >= 11 is 0. The highest BCUT2D eigenvalue weighted by atomic mass is 19.1. The maximum absolute atomic E-state index is 14.3. The van der Waals surface area contributed by atoms with Crippen molar-refractivity contribution in [3.8, 4) is 22.8 Å². The predicted molar refractivity (Wildman–Crippen MR) is 102 cm³/mol. The highest BCUT2D eigenvalue weighted by Crippen LogP contribution is 2.25. The van der Waals surface area contributed by atoms with Gasteiger partial charge in [0.05, 0.1) is 5.69 Å². The first-order chi connectivity index (χ1) is 13.3. The summed E-state index contributed by atoms with van der Waals surface area (Å²) in [5, 5.41) is 3.27. The van der Waals surface area contributed by atoms with Gasteiger partial charge in [0, 0.05) is 36.8 Å². The highest BCUT2D eigenvalue weighted by molar-refractivity contribution is 5.66. The largest absolute Gasteiger partial charge is 0.366 e. The molecule has 0 spiro atoms. The standard InChI is InChI=1S/C21H16FN5/c22-17-6-2-1-5-16(17)19-13-20(25-14-15-8-11-23-12-9-15)27-21(26-19)18-7-3-4-10-24-18/h1-13H,14H2,(H,25,26,27). The second-order valence-electron chi connectivity index (χ2n) is 5.87. The summed E-state index contributed by atoms with van der Waals surface area (Å²) in [5.41, 5.74) is 2.61. The Hall–Kier alpha value is -3.67. The Kier molecular flexibility index (Phi) is 4.78. The number of benzene rings is 1. The molecule has 0 aliphatic heterocycles. The number of aromatic nitrogens is 4. The molecule has 3 heterocycles. The molecule has 0 saturated carbocycles. The number of anilines is 1. The zero-order valence-electron chi connectivity index (χ0n) is 14.4. The number of hydrogen-bond acceptors (Lipinski definition) is 5. The lowest BCUT2D eigenvalue weighted by Crippen LogP contribution is -2.05. The van der Waals surface area contributed by atoms with Crippen LogP contribution in [0.5, 0.6) is 0 Å². The van der Waals surface area contributed by atoms with E-state index in [-0.39, 0.29) is 5.82 Å². The monoisotopic (exact) mass is 357 g/mol. The van der Waals surface area contributed by atoms with Crippen molar-refractivity contribution in [1.29, 1.82) is 0 Å². The quantitative estimate of drug-likeness (QED) is 0.575. The number of rotatable bonds is 5.